The summed E-state index contributed by atoms with van der Waals surface area (Å²) in [5.41, 5.74) is 18.4. The third-order valence-electron chi connectivity index (χ3n) is 7.15. The molecule has 10 N–H and O–H groups in total. The summed E-state index contributed by atoms with van der Waals surface area (Å²) >= 11 is 0. The number of aromatic amines is 1. The summed E-state index contributed by atoms with van der Waals surface area (Å²) < 4.78 is 0. The lowest BCUT2D eigenvalue weighted by molar-refractivity contribution is -0.149. The van der Waals surface area contributed by atoms with Gasteiger partial charge in [0.2, 0.25) is 23.6 Å². The van der Waals surface area contributed by atoms with Gasteiger partial charge >= 0.3 is 5.97 Å². The molecule has 1 aliphatic heterocycles. The molecule has 1 fully saturated rings. The molecule has 4 amide bonds. The highest BCUT2D eigenvalue weighted by Gasteiger charge is 2.38. The zero-order valence-corrected chi connectivity index (χ0v) is 22.4. The summed E-state index contributed by atoms with van der Waals surface area (Å²) in [6, 6.07) is 3.36. The van der Waals surface area contributed by atoms with Crippen LogP contribution in [0.25, 0.3) is 10.9 Å². The van der Waals surface area contributed by atoms with E-state index in [1.807, 2.05) is 24.3 Å². The average Bonchev–Trinajstić information content (AvgIpc) is 3.58. The standard InChI is InChI=1S/C27H39N7O6/c28-12-4-3-8-20(26(38)34-13-5-9-22(34)27(39)40)32-25(37)21(33-24(36)18(29)10-11-23(30)35)14-16-15-31-19-7-2-1-6-17(16)19/h1-2,6-7,15,18,20-22,31H,3-5,8-14,28-29H2,(H2,30,35)(H,32,37)(H,33,36)(H,39,40). The van der Waals surface area contributed by atoms with Crippen LogP contribution in [0.15, 0.2) is 30.5 Å². The predicted molar refractivity (Wildman–Crippen MR) is 148 cm³/mol. The molecule has 1 aromatic heterocycles. The molecule has 0 spiro atoms. The molecule has 4 unspecified atom stereocenters. The first-order chi connectivity index (χ1) is 19.1. The van der Waals surface area contributed by atoms with Crippen molar-refractivity contribution in [1.29, 1.82) is 0 Å². The number of benzene rings is 1. The van der Waals surface area contributed by atoms with Gasteiger partial charge in [0.25, 0.3) is 0 Å². The maximum absolute atomic E-state index is 13.6. The van der Waals surface area contributed by atoms with Crippen LogP contribution in [-0.2, 0) is 30.4 Å². The third-order valence-corrected chi connectivity index (χ3v) is 7.15. The number of unbranched alkanes of at least 4 members (excludes halogenated alkanes) is 1. The number of likely N-dealkylation sites (tertiary alicyclic amines) is 1. The maximum Gasteiger partial charge on any atom is 0.326 e. The van der Waals surface area contributed by atoms with Gasteiger partial charge < -0.3 is 42.8 Å². The van der Waals surface area contributed by atoms with Crippen LogP contribution < -0.4 is 27.8 Å². The molecule has 0 saturated carbocycles. The van der Waals surface area contributed by atoms with Gasteiger partial charge in [0.15, 0.2) is 0 Å². The second-order valence-electron chi connectivity index (χ2n) is 10.1. The molecule has 1 saturated heterocycles. The van der Waals surface area contributed by atoms with Crippen molar-refractivity contribution in [2.24, 2.45) is 17.2 Å². The van der Waals surface area contributed by atoms with Crippen molar-refractivity contribution in [3.05, 3.63) is 36.0 Å². The number of aliphatic carboxylic acids is 1. The molecular formula is C27H39N7O6. The fraction of sp³-hybridized carbons (Fsp3) is 0.519. The first kappa shape index (κ1) is 30.6. The highest BCUT2D eigenvalue weighted by Crippen LogP contribution is 2.21. The van der Waals surface area contributed by atoms with Crippen LogP contribution in [0.2, 0.25) is 0 Å². The fourth-order valence-electron chi connectivity index (χ4n) is 4.95. The molecule has 1 aliphatic rings. The average molecular weight is 558 g/mol. The molecular weight excluding hydrogens is 518 g/mol. The minimum Gasteiger partial charge on any atom is -0.480 e. The molecule has 4 atom stereocenters. The van der Waals surface area contributed by atoms with E-state index < -0.39 is 53.8 Å². The maximum atomic E-state index is 13.6. The number of nitrogens with two attached hydrogens (primary N) is 3. The number of nitrogens with one attached hydrogen (secondary N) is 3. The van der Waals surface area contributed by atoms with Gasteiger partial charge in [0.1, 0.15) is 18.1 Å². The van der Waals surface area contributed by atoms with E-state index in [1.54, 1.807) is 6.20 Å². The number of carboxylic acids is 1. The first-order valence-corrected chi connectivity index (χ1v) is 13.5. The number of carbonyl (C=O) groups is 5. The number of para-hydroxylation sites is 1. The van der Waals surface area contributed by atoms with E-state index in [9.17, 15) is 29.1 Å². The molecule has 40 heavy (non-hydrogen) atoms. The summed E-state index contributed by atoms with van der Waals surface area (Å²) in [6.07, 6.45) is 4.06. The van der Waals surface area contributed by atoms with Crippen molar-refractivity contribution in [3.8, 4) is 0 Å². The van der Waals surface area contributed by atoms with Gasteiger partial charge in [0.05, 0.1) is 6.04 Å². The number of rotatable bonds is 15. The van der Waals surface area contributed by atoms with E-state index in [-0.39, 0.29) is 32.2 Å². The first-order valence-electron chi connectivity index (χ1n) is 13.5. The Labute approximate surface area is 232 Å². The summed E-state index contributed by atoms with van der Waals surface area (Å²) in [4.78, 5) is 67.3. The lowest BCUT2D eigenvalue weighted by Gasteiger charge is -2.29. The molecule has 0 aliphatic carbocycles. The Morgan fingerprint density at radius 2 is 1.77 bits per heavy atom. The number of aromatic nitrogens is 1. The second-order valence-corrected chi connectivity index (χ2v) is 10.1. The normalized spacial score (nSPS) is 17.2. The van der Waals surface area contributed by atoms with Crippen molar-refractivity contribution < 1.29 is 29.1 Å². The number of primary amides is 1. The Kier molecular flexibility index (Phi) is 11.0. The number of fused-ring (bicyclic) bond motifs is 1. The number of carbonyl (C=O) groups excluding carboxylic acids is 4. The Hall–Kier alpha value is -3.97. The highest BCUT2D eigenvalue weighted by molar-refractivity contribution is 5.95. The lowest BCUT2D eigenvalue weighted by Crippen LogP contribution is -2.57. The monoisotopic (exact) mass is 557 g/mol. The SMILES string of the molecule is NCCCCC(NC(=O)C(Cc1c[nH]c2ccccc12)NC(=O)C(N)CCC(N)=O)C(=O)N1CCCC1C(=O)O. The number of amides is 4. The minimum absolute atomic E-state index is 0.00826. The van der Waals surface area contributed by atoms with Crippen LogP contribution in [-0.4, -0.2) is 81.8 Å². The zero-order chi connectivity index (χ0) is 29.2. The molecule has 3 rings (SSSR count). The molecule has 2 heterocycles. The van der Waals surface area contributed by atoms with E-state index in [4.69, 9.17) is 17.2 Å². The topological polar surface area (TPSA) is 227 Å². The van der Waals surface area contributed by atoms with E-state index >= 15 is 0 Å². The number of hydrogen-bond acceptors (Lipinski definition) is 7. The molecule has 13 nitrogen and oxygen atoms in total. The molecule has 0 bridgehead atoms. The van der Waals surface area contributed by atoms with Crippen molar-refractivity contribution in [3.63, 3.8) is 0 Å². The molecule has 218 valence electrons. The molecule has 0 radical (unpaired) electrons. The third kappa shape index (κ3) is 8.02. The predicted octanol–water partition coefficient (Wildman–Crippen LogP) is -0.523. The Balaban J connectivity index is 1.83. The molecule has 1 aromatic carbocycles. The van der Waals surface area contributed by atoms with Gasteiger partial charge in [-0.15, -0.1) is 0 Å². The number of nitrogens with zero attached hydrogens (tertiary/aromatic N) is 1. The summed E-state index contributed by atoms with van der Waals surface area (Å²) in [5.74, 6) is -3.43. The van der Waals surface area contributed by atoms with Crippen LogP contribution >= 0.6 is 0 Å². The lowest BCUT2D eigenvalue weighted by atomic mass is 10.0. The van der Waals surface area contributed by atoms with Crippen molar-refractivity contribution in [2.75, 3.05) is 13.1 Å². The molecule has 2 aromatic rings. The van der Waals surface area contributed by atoms with E-state index in [1.165, 1.54) is 4.90 Å². The number of H-pyrrole nitrogens is 1. The number of carboxylic acid groups (broad SMARTS) is 1. The summed E-state index contributed by atoms with van der Waals surface area (Å²) in [6.45, 7) is 0.683. The smallest absolute Gasteiger partial charge is 0.326 e. The van der Waals surface area contributed by atoms with Gasteiger partial charge in [-0.1, -0.05) is 18.2 Å². The van der Waals surface area contributed by atoms with Gasteiger partial charge in [-0.3, -0.25) is 19.2 Å². The largest absolute Gasteiger partial charge is 0.480 e. The van der Waals surface area contributed by atoms with Gasteiger partial charge in [0, 0.05) is 36.5 Å². The Morgan fingerprint density at radius 3 is 2.48 bits per heavy atom. The van der Waals surface area contributed by atoms with Gasteiger partial charge in [-0.25, -0.2) is 4.79 Å². The Morgan fingerprint density at radius 1 is 1.05 bits per heavy atom. The second kappa shape index (κ2) is 14.4. The van der Waals surface area contributed by atoms with Gasteiger partial charge in [-0.05, 0) is 56.7 Å². The van der Waals surface area contributed by atoms with Crippen LogP contribution in [0.4, 0.5) is 0 Å². The van der Waals surface area contributed by atoms with E-state index in [0.717, 1.165) is 16.5 Å². The van der Waals surface area contributed by atoms with Crippen LogP contribution in [0.3, 0.4) is 0 Å². The van der Waals surface area contributed by atoms with Crippen LogP contribution in [0.5, 0.6) is 0 Å². The van der Waals surface area contributed by atoms with Crippen molar-refractivity contribution in [2.45, 2.75) is 75.5 Å². The summed E-state index contributed by atoms with van der Waals surface area (Å²) in [5, 5.41) is 15.9. The number of hydrogen-bond donors (Lipinski definition) is 7. The fourth-order valence-corrected chi connectivity index (χ4v) is 4.95. The molecule has 13 heteroatoms. The van der Waals surface area contributed by atoms with E-state index in [0.29, 0.717) is 32.2 Å². The van der Waals surface area contributed by atoms with Crippen molar-refractivity contribution in [1.82, 2.24) is 20.5 Å². The Bertz CT molecular complexity index is 1210. The summed E-state index contributed by atoms with van der Waals surface area (Å²) in [7, 11) is 0. The van der Waals surface area contributed by atoms with Crippen molar-refractivity contribution >= 4 is 40.5 Å². The quantitative estimate of drug-likeness (QED) is 0.141. The highest BCUT2D eigenvalue weighted by atomic mass is 16.4. The van der Waals surface area contributed by atoms with E-state index in [2.05, 4.69) is 15.6 Å². The minimum atomic E-state index is -1.11. The van der Waals surface area contributed by atoms with Crippen LogP contribution in [0.1, 0.15) is 50.5 Å². The zero-order valence-electron chi connectivity index (χ0n) is 22.4. The van der Waals surface area contributed by atoms with Crippen LogP contribution in [0, 0.1) is 0 Å². The van der Waals surface area contributed by atoms with Gasteiger partial charge in [-0.2, -0.15) is 0 Å².